The van der Waals surface area contributed by atoms with Crippen molar-refractivity contribution in [2.24, 2.45) is 0 Å². The van der Waals surface area contributed by atoms with Gasteiger partial charge in [0, 0.05) is 4.88 Å². The minimum atomic E-state index is -0.671. The Bertz CT molecular complexity index is 784. The molecule has 1 fully saturated rings. The SMILES string of the molecule is CC(C)c1ccc([C@@H](NCC(=O)NC2(C#N)CCCC2)c2cccs2)cc1. The summed E-state index contributed by atoms with van der Waals surface area (Å²) in [4.78, 5) is 13.7. The van der Waals surface area contributed by atoms with Gasteiger partial charge in [-0.15, -0.1) is 11.3 Å². The van der Waals surface area contributed by atoms with Gasteiger partial charge in [0.1, 0.15) is 5.54 Å². The molecular formula is C22H27N3OS. The monoisotopic (exact) mass is 381 g/mol. The van der Waals surface area contributed by atoms with Gasteiger partial charge in [0.2, 0.25) is 5.91 Å². The summed E-state index contributed by atoms with van der Waals surface area (Å²) in [6.07, 6.45) is 3.50. The molecule has 142 valence electrons. The van der Waals surface area contributed by atoms with Gasteiger partial charge in [-0.05, 0) is 54.2 Å². The maximum absolute atomic E-state index is 12.5. The maximum Gasteiger partial charge on any atom is 0.235 e. The van der Waals surface area contributed by atoms with Gasteiger partial charge in [-0.25, -0.2) is 0 Å². The van der Waals surface area contributed by atoms with Crippen molar-refractivity contribution in [2.75, 3.05) is 6.54 Å². The van der Waals surface area contributed by atoms with Gasteiger partial charge in [-0.3, -0.25) is 10.1 Å². The van der Waals surface area contributed by atoms with Gasteiger partial charge < -0.3 is 5.32 Å². The van der Waals surface area contributed by atoms with Crippen LogP contribution >= 0.6 is 11.3 Å². The molecule has 0 saturated heterocycles. The van der Waals surface area contributed by atoms with Crippen LogP contribution in [0, 0.1) is 11.3 Å². The Morgan fingerprint density at radius 1 is 1.19 bits per heavy atom. The molecular weight excluding hydrogens is 354 g/mol. The second-order valence-electron chi connectivity index (χ2n) is 7.60. The largest absolute Gasteiger partial charge is 0.337 e. The summed E-state index contributed by atoms with van der Waals surface area (Å²) in [6.45, 7) is 4.56. The smallest absolute Gasteiger partial charge is 0.235 e. The summed E-state index contributed by atoms with van der Waals surface area (Å²) in [5.41, 5.74) is 1.78. The van der Waals surface area contributed by atoms with E-state index in [1.165, 1.54) is 10.4 Å². The zero-order valence-electron chi connectivity index (χ0n) is 16.0. The van der Waals surface area contributed by atoms with E-state index in [2.05, 4.69) is 66.3 Å². The number of nitriles is 1. The minimum Gasteiger partial charge on any atom is -0.337 e. The number of benzene rings is 1. The summed E-state index contributed by atoms with van der Waals surface area (Å²) in [5.74, 6) is 0.380. The van der Waals surface area contributed by atoms with Crippen LogP contribution in [0.2, 0.25) is 0 Å². The molecule has 0 radical (unpaired) electrons. The first-order valence-corrected chi connectivity index (χ1v) is 10.5. The molecule has 1 heterocycles. The highest BCUT2D eigenvalue weighted by molar-refractivity contribution is 7.10. The van der Waals surface area contributed by atoms with E-state index < -0.39 is 5.54 Å². The zero-order valence-corrected chi connectivity index (χ0v) is 16.8. The number of nitrogens with zero attached hydrogens (tertiary/aromatic N) is 1. The Labute approximate surface area is 165 Å². The Morgan fingerprint density at radius 3 is 2.41 bits per heavy atom. The normalized spacial score (nSPS) is 16.8. The molecule has 1 saturated carbocycles. The van der Waals surface area contributed by atoms with Crippen LogP contribution in [0.25, 0.3) is 0 Å². The molecule has 1 aliphatic rings. The summed E-state index contributed by atoms with van der Waals surface area (Å²) in [5, 5.41) is 17.9. The second-order valence-corrected chi connectivity index (χ2v) is 8.58. The van der Waals surface area contributed by atoms with E-state index >= 15 is 0 Å². The van der Waals surface area contributed by atoms with Crippen LogP contribution in [0.1, 0.15) is 67.5 Å². The number of nitrogens with one attached hydrogen (secondary N) is 2. The van der Waals surface area contributed by atoms with Gasteiger partial charge in [0.15, 0.2) is 0 Å². The van der Waals surface area contributed by atoms with Gasteiger partial charge in [-0.2, -0.15) is 5.26 Å². The molecule has 1 atom stereocenters. The molecule has 27 heavy (non-hydrogen) atoms. The van der Waals surface area contributed by atoms with Crippen LogP contribution in [0.3, 0.4) is 0 Å². The van der Waals surface area contributed by atoms with E-state index in [1.54, 1.807) is 11.3 Å². The molecule has 2 aromatic rings. The Morgan fingerprint density at radius 2 is 1.85 bits per heavy atom. The fraction of sp³-hybridized carbons (Fsp3) is 0.455. The van der Waals surface area contributed by atoms with E-state index in [0.717, 1.165) is 31.2 Å². The van der Waals surface area contributed by atoms with Gasteiger partial charge in [0.05, 0.1) is 18.7 Å². The third-order valence-corrected chi connectivity index (χ3v) is 6.22. The summed E-state index contributed by atoms with van der Waals surface area (Å²) < 4.78 is 0. The predicted molar refractivity (Wildman–Crippen MR) is 110 cm³/mol. The first-order chi connectivity index (χ1) is 13.0. The second kappa shape index (κ2) is 8.69. The highest BCUT2D eigenvalue weighted by atomic mass is 32.1. The number of hydrogen-bond acceptors (Lipinski definition) is 4. The first-order valence-electron chi connectivity index (χ1n) is 9.62. The van der Waals surface area contributed by atoms with Crippen molar-refractivity contribution in [1.29, 1.82) is 5.26 Å². The molecule has 1 aromatic heterocycles. The molecule has 4 nitrogen and oxygen atoms in total. The first kappa shape index (κ1) is 19.6. The number of hydrogen-bond donors (Lipinski definition) is 2. The van der Waals surface area contributed by atoms with Gasteiger partial charge in [0.25, 0.3) is 0 Å². The average Bonchev–Trinajstić information content (AvgIpc) is 3.35. The van der Waals surface area contributed by atoms with Crippen LogP contribution in [-0.2, 0) is 4.79 Å². The number of amides is 1. The Balaban J connectivity index is 1.69. The lowest BCUT2D eigenvalue weighted by molar-refractivity contribution is -0.121. The molecule has 1 aromatic carbocycles. The number of carbonyl (C=O) groups excluding carboxylic acids is 1. The Hall–Kier alpha value is -2.16. The third-order valence-electron chi connectivity index (χ3n) is 5.28. The quantitative estimate of drug-likeness (QED) is 0.742. The van der Waals surface area contributed by atoms with Crippen LogP contribution in [0.15, 0.2) is 41.8 Å². The van der Waals surface area contributed by atoms with Crippen molar-refractivity contribution >= 4 is 17.2 Å². The summed E-state index contributed by atoms with van der Waals surface area (Å²) in [6, 6.07) is 15.0. The van der Waals surface area contributed by atoms with Crippen LogP contribution in [-0.4, -0.2) is 18.0 Å². The lowest BCUT2D eigenvalue weighted by Gasteiger charge is -2.24. The van der Waals surface area contributed by atoms with Crippen LogP contribution in [0.5, 0.6) is 0 Å². The van der Waals surface area contributed by atoms with Crippen LogP contribution < -0.4 is 10.6 Å². The fourth-order valence-corrected chi connectivity index (χ4v) is 4.49. The molecule has 0 spiro atoms. The van der Waals surface area contributed by atoms with Crippen molar-refractivity contribution in [1.82, 2.24) is 10.6 Å². The van der Waals surface area contributed by atoms with E-state index in [-0.39, 0.29) is 18.5 Å². The van der Waals surface area contributed by atoms with Crippen molar-refractivity contribution < 1.29 is 4.79 Å². The molecule has 0 aliphatic heterocycles. The van der Waals surface area contributed by atoms with Crippen LogP contribution in [0.4, 0.5) is 0 Å². The van der Waals surface area contributed by atoms with Crippen molar-refractivity contribution in [3.8, 4) is 6.07 Å². The molecule has 5 heteroatoms. The van der Waals surface area contributed by atoms with Crippen molar-refractivity contribution in [3.63, 3.8) is 0 Å². The summed E-state index contributed by atoms with van der Waals surface area (Å²) >= 11 is 1.68. The van der Waals surface area contributed by atoms with E-state index in [0.29, 0.717) is 5.92 Å². The van der Waals surface area contributed by atoms with Gasteiger partial charge in [-0.1, -0.05) is 44.2 Å². The molecule has 0 unspecified atom stereocenters. The van der Waals surface area contributed by atoms with Gasteiger partial charge >= 0.3 is 0 Å². The number of carbonyl (C=O) groups is 1. The van der Waals surface area contributed by atoms with Crippen molar-refractivity contribution in [2.45, 2.75) is 57.0 Å². The average molecular weight is 382 g/mol. The highest BCUT2D eigenvalue weighted by Crippen LogP contribution is 2.29. The molecule has 3 rings (SSSR count). The molecule has 2 N–H and O–H groups in total. The zero-order chi connectivity index (χ0) is 19.3. The topological polar surface area (TPSA) is 64.9 Å². The fourth-order valence-electron chi connectivity index (χ4n) is 3.66. The third kappa shape index (κ3) is 4.77. The number of rotatable bonds is 7. The van der Waals surface area contributed by atoms with E-state index in [4.69, 9.17) is 0 Å². The Kier molecular flexibility index (Phi) is 6.30. The molecule has 1 aliphatic carbocycles. The predicted octanol–water partition coefficient (Wildman–Crippen LogP) is 4.50. The lowest BCUT2D eigenvalue weighted by atomic mass is 9.98. The maximum atomic E-state index is 12.5. The lowest BCUT2D eigenvalue weighted by Crippen LogP contribution is -2.48. The van der Waals surface area contributed by atoms with Crippen molar-refractivity contribution in [3.05, 3.63) is 57.8 Å². The molecule has 1 amide bonds. The molecule has 0 bridgehead atoms. The van der Waals surface area contributed by atoms with E-state index in [1.807, 2.05) is 6.07 Å². The summed E-state index contributed by atoms with van der Waals surface area (Å²) in [7, 11) is 0. The standard InChI is InChI=1S/C22H27N3OS/c1-16(2)17-7-9-18(10-8-17)21(19-6-5-13-27-19)24-14-20(26)25-22(15-23)11-3-4-12-22/h5-10,13,16,21,24H,3-4,11-12,14H2,1-2H3,(H,25,26)/t21-/m1/s1. The van der Waals surface area contributed by atoms with E-state index in [9.17, 15) is 10.1 Å². The number of thiophene rings is 1. The highest BCUT2D eigenvalue weighted by Gasteiger charge is 2.35. The minimum absolute atomic E-state index is 0.0291.